The van der Waals surface area contributed by atoms with Crippen molar-refractivity contribution in [3.8, 4) is 0 Å². The second-order valence-electron chi connectivity index (χ2n) is 2.11. The molecular formula is C7H10BrNS2. The fourth-order valence-corrected chi connectivity index (χ4v) is 2.17. The SMILES string of the molecule is SCCCNc1ccc(Br)s1. The van der Waals surface area contributed by atoms with Crippen LogP contribution in [0.25, 0.3) is 0 Å². The Kier molecular flexibility index (Phi) is 4.33. The quantitative estimate of drug-likeness (QED) is 0.619. The maximum atomic E-state index is 4.13. The second kappa shape index (κ2) is 5.06. The Bertz CT molecular complexity index is 212. The minimum absolute atomic E-state index is 0.944. The van der Waals surface area contributed by atoms with Crippen LogP contribution in [0.2, 0.25) is 0 Å². The predicted octanol–water partition coefficient (Wildman–Crippen LogP) is 3.24. The molecule has 0 aliphatic carbocycles. The van der Waals surface area contributed by atoms with Crippen molar-refractivity contribution in [2.24, 2.45) is 0 Å². The van der Waals surface area contributed by atoms with Gasteiger partial charge in [0, 0.05) is 6.54 Å². The van der Waals surface area contributed by atoms with Gasteiger partial charge in [-0.05, 0) is 40.2 Å². The normalized spacial score (nSPS) is 10.0. The standard InChI is InChI=1S/C7H10BrNS2/c8-6-2-3-7(11-6)9-4-1-5-10/h2-3,9-10H,1,4-5H2. The first-order chi connectivity index (χ1) is 5.33. The van der Waals surface area contributed by atoms with Gasteiger partial charge in [0.15, 0.2) is 0 Å². The zero-order chi connectivity index (χ0) is 8.10. The summed E-state index contributed by atoms with van der Waals surface area (Å²) in [4.78, 5) is 0. The summed E-state index contributed by atoms with van der Waals surface area (Å²) in [7, 11) is 0. The molecule has 0 fully saturated rings. The zero-order valence-electron chi connectivity index (χ0n) is 6.01. The molecule has 0 saturated carbocycles. The fraction of sp³-hybridized carbons (Fsp3) is 0.429. The number of nitrogens with one attached hydrogen (secondary N) is 1. The smallest absolute Gasteiger partial charge is 0.0894 e. The summed E-state index contributed by atoms with van der Waals surface area (Å²) in [6.45, 7) is 1.01. The van der Waals surface area contributed by atoms with Crippen LogP contribution in [0, 0.1) is 0 Å². The highest BCUT2D eigenvalue weighted by molar-refractivity contribution is 9.11. The van der Waals surface area contributed by atoms with Gasteiger partial charge < -0.3 is 5.32 Å². The van der Waals surface area contributed by atoms with Crippen LogP contribution < -0.4 is 5.32 Å². The van der Waals surface area contributed by atoms with E-state index in [1.807, 2.05) is 6.07 Å². The molecule has 1 heterocycles. The molecule has 0 saturated heterocycles. The molecule has 1 nitrogen and oxygen atoms in total. The minimum Gasteiger partial charge on any atom is -0.377 e. The van der Waals surface area contributed by atoms with E-state index in [9.17, 15) is 0 Å². The zero-order valence-corrected chi connectivity index (χ0v) is 9.31. The molecule has 0 aliphatic rings. The van der Waals surface area contributed by atoms with Crippen LogP contribution >= 0.6 is 39.9 Å². The number of rotatable bonds is 4. The van der Waals surface area contributed by atoms with E-state index in [0.717, 1.165) is 18.7 Å². The monoisotopic (exact) mass is 251 g/mol. The van der Waals surface area contributed by atoms with E-state index in [-0.39, 0.29) is 0 Å². The highest BCUT2D eigenvalue weighted by atomic mass is 79.9. The van der Waals surface area contributed by atoms with Crippen LogP contribution in [0.15, 0.2) is 15.9 Å². The Morgan fingerprint density at radius 3 is 2.91 bits per heavy atom. The maximum absolute atomic E-state index is 4.13. The molecule has 0 atom stereocenters. The van der Waals surface area contributed by atoms with Crippen LogP contribution in [0.5, 0.6) is 0 Å². The Balaban J connectivity index is 2.27. The summed E-state index contributed by atoms with van der Waals surface area (Å²) in [6, 6.07) is 4.13. The van der Waals surface area contributed by atoms with Gasteiger partial charge in [0.2, 0.25) is 0 Å². The van der Waals surface area contributed by atoms with Crippen LogP contribution in [-0.2, 0) is 0 Å². The third-order valence-electron chi connectivity index (χ3n) is 1.21. The Labute approximate surface area is 84.7 Å². The van der Waals surface area contributed by atoms with E-state index >= 15 is 0 Å². The van der Waals surface area contributed by atoms with Gasteiger partial charge in [-0.25, -0.2) is 0 Å². The highest BCUT2D eigenvalue weighted by Gasteiger charge is 1.94. The van der Waals surface area contributed by atoms with Gasteiger partial charge in [0.25, 0.3) is 0 Å². The molecule has 0 amide bonds. The molecule has 0 bridgehead atoms. The molecule has 4 heteroatoms. The van der Waals surface area contributed by atoms with E-state index in [1.165, 1.54) is 8.79 Å². The Hall–Kier alpha value is 0.330. The van der Waals surface area contributed by atoms with Crippen LogP contribution in [0.4, 0.5) is 5.00 Å². The second-order valence-corrected chi connectivity index (χ2v) is 5.02. The molecule has 62 valence electrons. The van der Waals surface area contributed by atoms with Gasteiger partial charge in [0.05, 0.1) is 8.79 Å². The molecule has 1 N–H and O–H groups in total. The van der Waals surface area contributed by atoms with E-state index in [2.05, 4.69) is 39.9 Å². The minimum atomic E-state index is 0.944. The molecule has 1 aromatic heterocycles. The number of halogens is 1. The number of hydrogen-bond donors (Lipinski definition) is 2. The molecular weight excluding hydrogens is 242 g/mol. The Morgan fingerprint density at radius 1 is 1.55 bits per heavy atom. The number of thiol groups is 1. The predicted molar refractivity (Wildman–Crippen MR) is 59.0 cm³/mol. The lowest BCUT2D eigenvalue weighted by Gasteiger charge is -1.99. The van der Waals surface area contributed by atoms with Crippen molar-refractivity contribution < 1.29 is 0 Å². The fourth-order valence-electron chi connectivity index (χ4n) is 0.700. The third kappa shape index (κ3) is 3.49. The van der Waals surface area contributed by atoms with Crippen LogP contribution in [0.3, 0.4) is 0 Å². The van der Waals surface area contributed by atoms with Gasteiger partial charge in [0.1, 0.15) is 0 Å². The van der Waals surface area contributed by atoms with Gasteiger partial charge in [-0.15, -0.1) is 11.3 Å². The first-order valence-corrected chi connectivity index (χ1v) is 5.67. The lowest BCUT2D eigenvalue weighted by Crippen LogP contribution is -1.99. The number of anilines is 1. The summed E-state index contributed by atoms with van der Waals surface area (Å²) in [5, 5.41) is 4.53. The first-order valence-electron chi connectivity index (χ1n) is 3.43. The van der Waals surface area contributed by atoms with Crippen molar-refractivity contribution >= 4 is 44.9 Å². The molecule has 0 radical (unpaired) electrons. The molecule has 0 spiro atoms. The van der Waals surface area contributed by atoms with E-state index < -0.39 is 0 Å². The van der Waals surface area contributed by atoms with E-state index in [1.54, 1.807) is 11.3 Å². The Morgan fingerprint density at radius 2 is 2.36 bits per heavy atom. The van der Waals surface area contributed by atoms with Crippen molar-refractivity contribution in [3.05, 3.63) is 15.9 Å². The third-order valence-corrected chi connectivity index (χ3v) is 3.10. The van der Waals surface area contributed by atoms with Gasteiger partial charge in [-0.1, -0.05) is 0 Å². The molecule has 0 unspecified atom stereocenters. The average molecular weight is 252 g/mol. The van der Waals surface area contributed by atoms with Crippen molar-refractivity contribution in [3.63, 3.8) is 0 Å². The van der Waals surface area contributed by atoms with Gasteiger partial charge >= 0.3 is 0 Å². The topological polar surface area (TPSA) is 12.0 Å². The summed E-state index contributed by atoms with van der Waals surface area (Å²) in [5.74, 6) is 0.944. The highest BCUT2D eigenvalue weighted by Crippen LogP contribution is 2.26. The summed E-state index contributed by atoms with van der Waals surface area (Å²) in [6.07, 6.45) is 1.11. The number of hydrogen-bond acceptors (Lipinski definition) is 3. The van der Waals surface area contributed by atoms with E-state index in [4.69, 9.17) is 0 Å². The lowest BCUT2D eigenvalue weighted by atomic mass is 10.5. The van der Waals surface area contributed by atoms with Gasteiger partial charge in [-0.2, -0.15) is 12.6 Å². The van der Waals surface area contributed by atoms with E-state index in [0.29, 0.717) is 0 Å². The van der Waals surface area contributed by atoms with Crippen molar-refractivity contribution in [2.45, 2.75) is 6.42 Å². The van der Waals surface area contributed by atoms with Crippen molar-refractivity contribution in [2.75, 3.05) is 17.6 Å². The molecule has 1 rings (SSSR count). The molecule has 0 aliphatic heterocycles. The van der Waals surface area contributed by atoms with Gasteiger partial charge in [-0.3, -0.25) is 0 Å². The first kappa shape index (κ1) is 9.42. The molecule has 0 aromatic carbocycles. The number of thiophene rings is 1. The maximum Gasteiger partial charge on any atom is 0.0894 e. The summed E-state index contributed by atoms with van der Waals surface area (Å²) in [5.41, 5.74) is 0. The largest absolute Gasteiger partial charge is 0.377 e. The summed E-state index contributed by atoms with van der Waals surface area (Å²) < 4.78 is 1.17. The van der Waals surface area contributed by atoms with Crippen molar-refractivity contribution in [1.82, 2.24) is 0 Å². The lowest BCUT2D eigenvalue weighted by molar-refractivity contribution is 1.000. The van der Waals surface area contributed by atoms with Crippen molar-refractivity contribution in [1.29, 1.82) is 0 Å². The van der Waals surface area contributed by atoms with Crippen LogP contribution in [0.1, 0.15) is 6.42 Å². The summed E-state index contributed by atoms with van der Waals surface area (Å²) >= 11 is 9.25. The average Bonchev–Trinajstić information content (AvgIpc) is 2.37. The molecule has 1 aromatic rings. The molecule has 11 heavy (non-hydrogen) atoms. The van der Waals surface area contributed by atoms with Crippen LogP contribution in [-0.4, -0.2) is 12.3 Å².